The van der Waals surface area contributed by atoms with Crippen LogP contribution in [0.4, 0.5) is 4.79 Å². The van der Waals surface area contributed by atoms with Crippen molar-refractivity contribution in [3.63, 3.8) is 0 Å². The molecule has 3 unspecified atom stereocenters. The minimum atomic E-state index is -0.993. The monoisotopic (exact) mass is 588 g/mol. The van der Waals surface area contributed by atoms with Crippen molar-refractivity contribution in [3.05, 3.63) is 71.9 Å². The fourth-order valence-corrected chi connectivity index (χ4v) is 6.77. The standard InChI is InChI=1S/C33H40N4O6/c1-32(2,3)27-19-21(14-17-36(27)31(40)41)28(29(38)35-42)37-18-15-33(4,30(37)39)23-9-11-24(12-10-23)43-20-22-13-16-34-26-8-6-5-7-25(22)26/h5-13,16,21,27-28,42H,14-15,17-20H2,1-4H3,(H,35,38)(H,40,41)/t21?,27-,28?,33?/m1/s1. The molecule has 2 aromatic carbocycles. The molecule has 43 heavy (non-hydrogen) atoms. The lowest BCUT2D eigenvalue weighted by Crippen LogP contribution is -2.58. The number of likely N-dealkylation sites (tertiary alicyclic amines) is 2. The highest BCUT2D eigenvalue weighted by molar-refractivity contribution is 5.94. The number of ether oxygens (including phenoxy) is 1. The van der Waals surface area contributed by atoms with Crippen LogP contribution in [0.25, 0.3) is 10.9 Å². The van der Waals surface area contributed by atoms with Crippen LogP contribution in [-0.2, 0) is 21.6 Å². The molecule has 0 spiro atoms. The van der Waals surface area contributed by atoms with Gasteiger partial charge in [-0.25, -0.2) is 10.3 Å². The van der Waals surface area contributed by atoms with Crippen molar-refractivity contribution in [1.29, 1.82) is 0 Å². The van der Waals surface area contributed by atoms with E-state index in [1.807, 2.05) is 82.3 Å². The molecule has 2 aliphatic heterocycles. The van der Waals surface area contributed by atoms with E-state index in [-0.39, 0.29) is 29.8 Å². The Morgan fingerprint density at radius 1 is 1.12 bits per heavy atom. The Morgan fingerprint density at radius 3 is 2.51 bits per heavy atom. The predicted molar refractivity (Wildman–Crippen MR) is 161 cm³/mol. The molecule has 3 amide bonds. The van der Waals surface area contributed by atoms with E-state index in [0.29, 0.717) is 38.2 Å². The van der Waals surface area contributed by atoms with Crippen LogP contribution in [0.3, 0.4) is 0 Å². The topological polar surface area (TPSA) is 132 Å². The van der Waals surface area contributed by atoms with Gasteiger partial charge in [-0.15, -0.1) is 0 Å². The van der Waals surface area contributed by atoms with Crippen LogP contribution in [0.2, 0.25) is 0 Å². The van der Waals surface area contributed by atoms with E-state index >= 15 is 0 Å². The number of carbonyl (C=O) groups excluding carboxylic acids is 2. The number of rotatable bonds is 7. The number of fused-ring (bicyclic) bond motifs is 1. The molecule has 2 aliphatic rings. The summed E-state index contributed by atoms with van der Waals surface area (Å²) in [6, 6.07) is 16.1. The molecule has 10 heteroatoms. The Morgan fingerprint density at radius 2 is 1.84 bits per heavy atom. The minimum Gasteiger partial charge on any atom is -0.489 e. The molecular formula is C33H40N4O6. The third-order valence-corrected chi connectivity index (χ3v) is 9.26. The van der Waals surface area contributed by atoms with Crippen molar-refractivity contribution >= 4 is 28.8 Å². The summed E-state index contributed by atoms with van der Waals surface area (Å²) in [4.78, 5) is 46.5. The van der Waals surface area contributed by atoms with Gasteiger partial charge in [-0.1, -0.05) is 51.1 Å². The molecule has 0 radical (unpaired) electrons. The van der Waals surface area contributed by atoms with Gasteiger partial charge in [0.1, 0.15) is 18.4 Å². The van der Waals surface area contributed by atoms with Gasteiger partial charge in [0, 0.05) is 36.3 Å². The largest absolute Gasteiger partial charge is 0.489 e. The summed E-state index contributed by atoms with van der Waals surface area (Å²) in [5, 5.41) is 20.5. The second-order valence-corrected chi connectivity index (χ2v) is 12.9. The Hall–Kier alpha value is -4.18. The predicted octanol–water partition coefficient (Wildman–Crippen LogP) is 4.98. The Bertz CT molecular complexity index is 1500. The molecule has 1 aromatic heterocycles. The Kier molecular flexibility index (Phi) is 8.34. The summed E-state index contributed by atoms with van der Waals surface area (Å²) in [5.74, 6) is -0.470. The quantitative estimate of drug-likeness (QED) is 0.262. The number of hydrogen-bond acceptors (Lipinski definition) is 6. The van der Waals surface area contributed by atoms with Crippen molar-refractivity contribution in [1.82, 2.24) is 20.3 Å². The molecule has 3 heterocycles. The van der Waals surface area contributed by atoms with Crippen molar-refractivity contribution in [3.8, 4) is 5.75 Å². The van der Waals surface area contributed by atoms with E-state index in [0.717, 1.165) is 22.0 Å². The maximum atomic E-state index is 14.0. The van der Waals surface area contributed by atoms with E-state index in [2.05, 4.69) is 4.98 Å². The first-order chi connectivity index (χ1) is 20.4. The number of amides is 3. The fourth-order valence-electron chi connectivity index (χ4n) is 6.77. The first kappa shape index (κ1) is 30.3. The number of benzene rings is 2. The number of hydrogen-bond donors (Lipinski definition) is 3. The number of nitrogens with one attached hydrogen (secondary N) is 1. The first-order valence-corrected chi connectivity index (χ1v) is 14.7. The lowest BCUT2D eigenvalue weighted by molar-refractivity contribution is -0.147. The molecule has 228 valence electrons. The normalized spacial score (nSPS) is 23.3. The number of carbonyl (C=O) groups is 3. The highest BCUT2D eigenvalue weighted by Gasteiger charge is 2.51. The summed E-state index contributed by atoms with van der Waals surface area (Å²) in [7, 11) is 0. The van der Waals surface area contributed by atoms with Crippen molar-refractivity contribution in [2.75, 3.05) is 13.1 Å². The number of carboxylic acid groups (broad SMARTS) is 1. The average Bonchev–Trinajstić information content (AvgIpc) is 3.30. The highest BCUT2D eigenvalue weighted by atomic mass is 16.5. The van der Waals surface area contributed by atoms with Crippen molar-refractivity contribution in [2.24, 2.45) is 11.3 Å². The number of piperidine rings is 1. The van der Waals surface area contributed by atoms with E-state index < -0.39 is 23.5 Å². The molecule has 0 aliphatic carbocycles. The van der Waals surface area contributed by atoms with Gasteiger partial charge in [0.05, 0.1) is 10.9 Å². The van der Waals surface area contributed by atoms with Gasteiger partial charge >= 0.3 is 6.09 Å². The van der Waals surface area contributed by atoms with Crippen LogP contribution in [0, 0.1) is 11.3 Å². The third kappa shape index (κ3) is 5.88. The molecule has 3 aromatic rings. The van der Waals surface area contributed by atoms with Crippen LogP contribution in [0.15, 0.2) is 60.8 Å². The summed E-state index contributed by atoms with van der Waals surface area (Å²) in [5.41, 5.74) is 3.30. The number of para-hydroxylation sites is 1. The summed E-state index contributed by atoms with van der Waals surface area (Å²) in [6.45, 7) is 8.78. The van der Waals surface area contributed by atoms with Gasteiger partial charge in [0.2, 0.25) is 5.91 Å². The summed E-state index contributed by atoms with van der Waals surface area (Å²) < 4.78 is 6.08. The fraction of sp³-hybridized carbons (Fsp3) is 0.455. The molecule has 3 N–H and O–H groups in total. The molecule has 4 atom stereocenters. The van der Waals surface area contributed by atoms with Crippen molar-refractivity contribution < 1.29 is 29.4 Å². The zero-order valence-electron chi connectivity index (χ0n) is 25.1. The number of hydroxylamine groups is 1. The minimum absolute atomic E-state index is 0.189. The number of pyridine rings is 1. The first-order valence-electron chi connectivity index (χ1n) is 14.7. The maximum absolute atomic E-state index is 14.0. The second kappa shape index (κ2) is 11.8. The van der Waals surface area contributed by atoms with Gasteiger partial charge in [0.25, 0.3) is 5.91 Å². The summed E-state index contributed by atoms with van der Waals surface area (Å²) in [6.07, 6.45) is 2.10. The molecule has 2 saturated heterocycles. The molecule has 5 rings (SSSR count). The van der Waals surface area contributed by atoms with Gasteiger partial charge in [0.15, 0.2) is 0 Å². The van der Waals surface area contributed by atoms with E-state index in [1.165, 1.54) is 4.90 Å². The van der Waals surface area contributed by atoms with Crippen LogP contribution >= 0.6 is 0 Å². The van der Waals surface area contributed by atoms with E-state index in [9.17, 15) is 24.7 Å². The zero-order valence-corrected chi connectivity index (χ0v) is 25.1. The average molecular weight is 589 g/mol. The van der Waals surface area contributed by atoms with Gasteiger partial charge in [-0.05, 0) is 67.3 Å². The molecular weight excluding hydrogens is 548 g/mol. The zero-order chi connectivity index (χ0) is 30.9. The maximum Gasteiger partial charge on any atom is 0.407 e. The third-order valence-electron chi connectivity index (χ3n) is 9.26. The molecule has 0 bridgehead atoms. The van der Waals surface area contributed by atoms with Gasteiger partial charge in [-0.2, -0.15) is 0 Å². The Labute approximate surface area is 251 Å². The number of nitrogens with zero attached hydrogens (tertiary/aromatic N) is 3. The van der Waals surface area contributed by atoms with Crippen molar-refractivity contribution in [2.45, 2.75) is 71.1 Å². The SMILES string of the molecule is CC1(c2ccc(OCc3ccnc4ccccc34)cc2)CCN(C(C(=O)NO)C2CCN(C(=O)O)[C@@H](C(C)(C)C)C2)C1=O. The molecule has 2 fully saturated rings. The Balaban J connectivity index is 1.32. The lowest BCUT2D eigenvalue weighted by Gasteiger charge is -2.47. The lowest BCUT2D eigenvalue weighted by atomic mass is 9.74. The molecule has 0 saturated carbocycles. The van der Waals surface area contributed by atoms with Crippen LogP contribution < -0.4 is 10.2 Å². The van der Waals surface area contributed by atoms with Crippen LogP contribution in [0.5, 0.6) is 5.75 Å². The van der Waals surface area contributed by atoms with Gasteiger partial charge in [-0.3, -0.25) is 19.8 Å². The smallest absolute Gasteiger partial charge is 0.407 e. The molecule has 10 nitrogen and oxygen atoms in total. The van der Waals surface area contributed by atoms with Crippen LogP contribution in [-0.4, -0.2) is 68.2 Å². The van der Waals surface area contributed by atoms with E-state index in [1.54, 1.807) is 16.6 Å². The van der Waals surface area contributed by atoms with Crippen LogP contribution in [0.1, 0.15) is 58.1 Å². The summed E-state index contributed by atoms with van der Waals surface area (Å²) >= 11 is 0. The van der Waals surface area contributed by atoms with E-state index in [4.69, 9.17) is 4.74 Å². The second-order valence-electron chi connectivity index (χ2n) is 12.9. The number of aromatic nitrogens is 1. The highest BCUT2D eigenvalue weighted by Crippen LogP contribution is 2.42. The van der Waals surface area contributed by atoms with Gasteiger partial charge < -0.3 is 19.6 Å².